The molecule has 0 aliphatic rings. The molecule has 0 bridgehead atoms. The number of para-hydroxylation sites is 6. The average Bonchev–Trinajstić information content (AvgIpc) is 4.00. The highest BCUT2D eigenvalue weighted by Crippen LogP contribution is 2.39. The Balaban J connectivity index is 1.16. The molecule has 0 unspecified atom stereocenters. The molecule has 238 valence electrons. The molecule has 0 N–H and O–H groups in total. The number of pyridine rings is 1. The Morgan fingerprint density at radius 1 is 0.412 bits per heavy atom. The first-order chi connectivity index (χ1) is 32.0. The smallest absolute Gasteiger partial charge is 0.145 e. The molecule has 0 saturated carbocycles. The van der Waals surface area contributed by atoms with Gasteiger partial charge in [-0.15, -0.1) is 0 Å². The van der Waals surface area contributed by atoms with E-state index in [0.717, 1.165) is 10.9 Å². The zero-order valence-corrected chi connectivity index (χ0v) is 26.4. The Labute approximate surface area is 316 Å². The van der Waals surface area contributed by atoms with Crippen LogP contribution in [-0.2, 0) is 0 Å². The zero-order valence-electron chi connectivity index (χ0n) is 42.4. The summed E-state index contributed by atoms with van der Waals surface area (Å²) in [6.45, 7) is 0. The molecule has 0 atom stereocenters. The van der Waals surface area contributed by atoms with E-state index in [2.05, 4.69) is 0 Å². The molecule has 0 aliphatic carbocycles. The predicted molar refractivity (Wildman–Crippen MR) is 213 cm³/mol. The molecule has 11 rings (SSSR count). The van der Waals surface area contributed by atoms with E-state index in [9.17, 15) is 0 Å². The highest BCUT2D eigenvalue weighted by Gasteiger charge is 2.19. The van der Waals surface area contributed by atoms with Crippen LogP contribution in [0.25, 0.3) is 93.7 Å². The second-order valence-electron chi connectivity index (χ2n) is 12.0. The van der Waals surface area contributed by atoms with E-state index in [1.807, 2.05) is 59.2 Å². The topological polar surface area (TPSA) is 27.7 Å². The van der Waals surface area contributed by atoms with Gasteiger partial charge in [-0.2, -0.15) is 0 Å². The van der Waals surface area contributed by atoms with Crippen molar-refractivity contribution in [3.05, 3.63) is 182 Å². The third-order valence-electron chi connectivity index (χ3n) is 9.38. The van der Waals surface area contributed by atoms with Crippen molar-refractivity contribution < 1.29 is 21.9 Å². The van der Waals surface area contributed by atoms with Crippen LogP contribution in [0.1, 0.15) is 21.9 Å². The Morgan fingerprint density at radius 3 is 1.65 bits per heavy atom. The second-order valence-corrected chi connectivity index (χ2v) is 12.0. The van der Waals surface area contributed by atoms with Gasteiger partial charge in [0.05, 0.1) is 67.1 Å². The van der Waals surface area contributed by atoms with E-state index in [1.165, 1.54) is 15.3 Å². The summed E-state index contributed by atoms with van der Waals surface area (Å²) < 4.78 is 145. The van der Waals surface area contributed by atoms with Crippen LogP contribution in [0, 0.1) is 0 Å². The van der Waals surface area contributed by atoms with Crippen molar-refractivity contribution in [2.24, 2.45) is 0 Å². The highest BCUT2D eigenvalue weighted by molar-refractivity contribution is 6.12. The standard InChI is InChI=1S/C47H30N4/c1-7-22-41(51-45-26-11-4-19-37(45)38-20-5-12-27-46(38)51)34(16-1)31-14-13-15-32(28-31)50-44-25-10-6-21-39(44)40-29-33(30-48-47(40)50)49-42-23-8-2-17-35(42)36-18-3-9-24-43(36)49/h1-30H/i2D,3D,4D,5D,8D,9D,11D,12D,17D,18D,19D,20D,23D,24D,26D,27D. The lowest BCUT2D eigenvalue weighted by Crippen LogP contribution is -1.99. The Morgan fingerprint density at radius 2 is 0.980 bits per heavy atom. The molecule has 0 radical (unpaired) electrons. The first kappa shape index (κ1) is 16.7. The molecule has 7 aromatic carbocycles. The molecule has 0 aliphatic heterocycles. The van der Waals surface area contributed by atoms with Gasteiger partial charge in [0.15, 0.2) is 0 Å². The maximum atomic E-state index is 9.06. The molecular weight excluding hydrogens is 621 g/mol. The molecule has 0 fully saturated rings. The predicted octanol–water partition coefficient (Wildman–Crippen LogP) is 12.0. The average molecular weight is 667 g/mol. The molecule has 0 saturated heterocycles. The molecule has 0 spiro atoms. The van der Waals surface area contributed by atoms with Crippen molar-refractivity contribution in [1.82, 2.24) is 18.7 Å². The molecule has 11 aromatic rings. The Kier molecular flexibility index (Phi) is 3.53. The lowest BCUT2D eigenvalue weighted by Gasteiger charge is -2.15. The first-order valence-electron chi connectivity index (χ1n) is 24.1. The van der Waals surface area contributed by atoms with Crippen LogP contribution in [0.2, 0.25) is 0 Å². The van der Waals surface area contributed by atoms with Crippen LogP contribution < -0.4 is 0 Å². The van der Waals surface area contributed by atoms with Gasteiger partial charge in [-0.05, 0) is 60.1 Å². The number of nitrogens with zero attached hydrogens (tertiary/aromatic N) is 4. The third kappa shape index (κ3) is 4.05. The fourth-order valence-corrected chi connectivity index (χ4v) is 7.28. The van der Waals surface area contributed by atoms with Gasteiger partial charge in [0.1, 0.15) is 5.65 Å². The summed E-state index contributed by atoms with van der Waals surface area (Å²) in [4.78, 5) is 4.95. The van der Waals surface area contributed by atoms with Crippen molar-refractivity contribution in [3.8, 4) is 28.2 Å². The van der Waals surface area contributed by atoms with Crippen molar-refractivity contribution in [1.29, 1.82) is 0 Å². The summed E-state index contributed by atoms with van der Waals surface area (Å²) in [6.07, 6.45) is 1.49. The van der Waals surface area contributed by atoms with Crippen molar-refractivity contribution in [3.63, 3.8) is 0 Å². The minimum absolute atomic E-state index is 0.00611. The maximum Gasteiger partial charge on any atom is 0.145 e. The van der Waals surface area contributed by atoms with E-state index >= 15 is 0 Å². The quantitative estimate of drug-likeness (QED) is 0.184. The van der Waals surface area contributed by atoms with E-state index in [-0.39, 0.29) is 49.3 Å². The van der Waals surface area contributed by atoms with Crippen molar-refractivity contribution in [2.75, 3.05) is 0 Å². The minimum atomic E-state index is -0.540. The summed E-state index contributed by atoms with van der Waals surface area (Å²) in [5.41, 5.74) is 3.67. The molecule has 0 amide bonds. The zero-order chi connectivity index (χ0) is 47.4. The molecular formula is C47H30N4. The van der Waals surface area contributed by atoms with Crippen LogP contribution in [0.3, 0.4) is 0 Å². The summed E-state index contributed by atoms with van der Waals surface area (Å²) in [5.74, 6) is 0. The van der Waals surface area contributed by atoms with Crippen molar-refractivity contribution in [2.45, 2.75) is 0 Å². The second kappa shape index (κ2) is 10.8. The van der Waals surface area contributed by atoms with E-state index in [4.69, 9.17) is 26.9 Å². The number of benzene rings is 7. The molecule has 4 aromatic heterocycles. The number of hydrogen-bond acceptors (Lipinski definition) is 1. The van der Waals surface area contributed by atoms with Gasteiger partial charge in [0.2, 0.25) is 0 Å². The lowest BCUT2D eigenvalue weighted by molar-refractivity contribution is 1.11. The first-order valence-corrected chi connectivity index (χ1v) is 16.1. The van der Waals surface area contributed by atoms with Crippen molar-refractivity contribution >= 4 is 65.5 Å². The molecule has 4 heteroatoms. The number of hydrogen-bond donors (Lipinski definition) is 0. The Bertz CT molecular complexity index is 3920. The summed E-state index contributed by atoms with van der Waals surface area (Å²) in [5, 5.41) is 1.20. The summed E-state index contributed by atoms with van der Waals surface area (Å²) >= 11 is 0. The van der Waals surface area contributed by atoms with Crippen LogP contribution >= 0.6 is 0 Å². The minimum Gasteiger partial charge on any atom is -0.309 e. The lowest BCUT2D eigenvalue weighted by atomic mass is 10.0. The van der Waals surface area contributed by atoms with Crippen LogP contribution in [0.4, 0.5) is 0 Å². The van der Waals surface area contributed by atoms with E-state index in [0.29, 0.717) is 33.5 Å². The Hall–Kier alpha value is -6.91. The number of aromatic nitrogens is 4. The number of fused-ring (bicyclic) bond motifs is 9. The van der Waals surface area contributed by atoms with Gasteiger partial charge < -0.3 is 9.13 Å². The largest absolute Gasteiger partial charge is 0.309 e. The normalized spacial score (nSPS) is 16.3. The summed E-state index contributed by atoms with van der Waals surface area (Å²) in [7, 11) is 0. The van der Waals surface area contributed by atoms with Gasteiger partial charge in [-0.1, -0.05) is 121 Å². The van der Waals surface area contributed by atoms with Crippen LogP contribution in [-0.4, -0.2) is 18.7 Å². The van der Waals surface area contributed by atoms with Gasteiger partial charge in [0, 0.05) is 43.6 Å². The molecule has 4 nitrogen and oxygen atoms in total. The highest BCUT2D eigenvalue weighted by atomic mass is 15.1. The maximum absolute atomic E-state index is 9.06. The van der Waals surface area contributed by atoms with Gasteiger partial charge in [-0.25, -0.2) is 4.98 Å². The van der Waals surface area contributed by atoms with E-state index in [1.54, 1.807) is 24.3 Å². The molecule has 4 heterocycles. The monoisotopic (exact) mass is 666 g/mol. The molecule has 51 heavy (non-hydrogen) atoms. The summed E-state index contributed by atoms with van der Waals surface area (Å²) in [6, 6.07) is 16.1. The SMILES string of the molecule is [2H]c1c([2H])c([2H])c2c(c1[2H])c1c([2H])c([2H])c([2H])c([2H])c1n2-c1cnc2c(c1)c1ccccc1n2-c1cccc(-c2ccccc2-n2c3c([2H])c([2H])c([2H])c([2H])c3c3c([2H])c([2H])c([2H])c([2H])c32)c1. The van der Waals surface area contributed by atoms with Gasteiger partial charge in [-0.3, -0.25) is 4.57 Å². The van der Waals surface area contributed by atoms with Crippen LogP contribution in [0.5, 0.6) is 0 Å². The van der Waals surface area contributed by atoms with E-state index < -0.39 is 96.7 Å². The fourth-order valence-electron chi connectivity index (χ4n) is 7.28. The van der Waals surface area contributed by atoms with Crippen LogP contribution in [0.15, 0.2) is 182 Å². The number of rotatable bonds is 4. The fraction of sp³-hybridized carbons (Fsp3) is 0. The van der Waals surface area contributed by atoms with Gasteiger partial charge >= 0.3 is 0 Å². The van der Waals surface area contributed by atoms with Gasteiger partial charge in [0.25, 0.3) is 0 Å². The third-order valence-corrected chi connectivity index (χ3v) is 9.38.